The van der Waals surface area contributed by atoms with Crippen LogP contribution in [0.1, 0.15) is 19.4 Å². The summed E-state index contributed by atoms with van der Waals surface area (Å²) in [6.45, 7) is 2.92. The lowest BCUT2D eigenvalue weighted by Crippen LogP contribution is -2.39. The van der Waals surface area contributed by atoms with Crippen molar-refractivity contribution >= 4 is 17.5 Å². The van der Waals surface area contributed by atoms with Gasteiger partial charge in [-0.2, -0.15) is 0 Å². The quantitative estimate of drug-likeness (QED) is 0.767. The fourth-order valence-electron chi connectivity index (χ4n) is 1.73. The molecule has 4 heteroatoms. The van der Waals surface area contributed by atoms with Gasteiger partial charge in [0.2, 0.25) is 5.91 Å². The highest BCUT2D eigenvalue weighted by atomic mass is 16.2. The maximum atomic E-state index is 11.7. The van der Waals surface area contributed by atoms with Gasteiger partial charge < -0.3 is 5.32 Å². The standard InChI is InChI=1S/C14H17NO3/c1-10(16)13(11(2)17)14(18)15-9-8-12-6-4-3-5-7-12/h3-7,13H,8-9H2,1-2H3,(H,15,18). The molecule has 1 N–H and O–H groups in total. The van der Waals surface area contributed by atoms with Crippen molar-refractivity contribution in [3.63, 3.8) is 0 Å². The first kappa shape index (κ1) is 14.1. The van der Waals surface area contributed by atoms with Gasteiger partial charge in [0.1, 0.15) is 11.6 Å². The third-order valence-corrected chi connectivity index (χ3v) is 2.63. The van der Waals surface area contributed by atoms with Crippen LogP contribution in [0.15, 0.2) is 30.3 Å². The minimum Gasteiger partial charge on any atom is -0.355 e. The molecule has 1 rings (SSSR count). The van der Waals surface area contributed by atoms with Crippen molar-refractivity contribution in [3.8, 4) is 0 Å². The number of nitrogens with one attached hydrogen (secondary N) is 1. The number of benzene rings is 1. The normalized spacial score (nSPS) is 10.2. The van der Waals surface area contributed by atoms with Gasteiger partial charge in [-0.1, -0.05) is 30.3 Å². The number of hydrogen-bond donors (Lipinski definition) is 1. The molecular formula is C14H17NO3. The molecule has 0 fully saturated rings. The molecule has 0 bridgehead atoms. The zero-order valence-electron chi connectivity index (χ0n) is 10.6. The molecule has 1 aromatic rings. The predicted molar refractivity (Wildman–Crippen MR) is 68.0 cm³/mol. The molecule has 0 unspecified atom stereocenters. The highest BCUT2D eigenvalue weighted by Gasteiger charge is 2.27. The summed E-state index contributed by atoms with van der Waals surface area (Å²) in [6, 6.07) is 9.68. The third kappa shape index (κ3) is 4.13. The van der Waals surface area contributed by atoms with E-state index in [1.165, 1.54) is 13.8 Å². The Morgan fingerprint density at radius 1 is 1.06 bits per heavy atom. The van der Waals surface area contributed by atoms with Crippen LogP contribution in [-0.2, 0) is 20.8 Å². The summed E-state index contributed by atoms with van der Waals surface area (Å²) in [4.78, 5) is 34.0. The van der Waals surface area contributed by atoms with Crippen LogP contribution in [0.5, 0.6) is 0 Å². The van der Waals surface area contributed by atoms with E-state index in [-0.39, 0.29) is 0 Å². The Hall–Kier alpha value is -1.97. The Morgan fingerprint density at radius 2 is 1.61 bits per heavy atom. The highest BCUT2D eigenvalue weighted by molar-refractivity contribution is 6.17. The SMILES string of the molecule is CC(=O)C(C(C)=O)C(=O)NCCc1ccccc1. The number of rotatable bonds is 6. The third-order valence-electron chi connectivity index (χ3n) is 2.63. The molecule has 0 radical (unpaired) electrons. The molecule has 0 saturated carbocycles. The predicted octanol–water partition coefficient (Wildman–Crippen LogP) is 1.14. The summed E-state index contributed by atoms with van der Waals surface area (Å²) in [7, 11) is 0. The minimum absolute atomic E-state index is 0.417. The van der Waals surface area contributed by atoms with Crippen molar-refractivity contribution in [3.05, 3.63) is 35.9 Å². The van der Waals surface area contributed by atoms with E-state index in [4.69, 9.17) is 0 Å². The van der Waals surface area contributed by atoms with Crippen LogP contribution >= 0.6 is 0 Å². The van der Waals surface area contributed by atoms with Gasteiger partial charge in [0, 0.05) is 6.54 Å². The van der Waals surface area contributed by atoms with Crippen LogP contribution < -0.4 is 5.32 Å². The Balaban J connectivity index is 2.46. The van der Waals surface area contributed by atoms with Crippen LogP contribution in [0, 0.1) is 5.92 Å². The van der Waals surface area contributed by atoms with E-state index < -0.39 is 23.4 Å². The molecule has 0 saturated heterocycles. The Kier molecular flexibility index (Phi) is 5.24. The second kappa shape index (κ2) is 6.69. The van der Waals surface area contributed by atoms with E-state index in [1.54, 1.807) is 0 Å². The van der Waals surface area contributed by atoms with Crippen LogP contribution in [0.2, 0.25) is 0 Å². The molecule has 0 atom stereocenters. The molecule has 1 aromatic carbocycles. The number of carbonyl (C=O) groups is 3. The van der Waals surface area contributed by atoms with E-state index in [9.17, 15) is 14.4 Å². The van der Waals surface area contributed by atoms with E-state index in [1.807, 2.05) is 30.3 Å². The summed E-state index contributed by atoms with van der Waals surface area (Å²) in [5.41, 5.74) is 1.10. The Labute approximate surface area is 106 Å². The molecule has 0 aliphatic heterocycles. The van der Waals surface area contributed by atoms with Gasteiger partial charge >= 0.3 is 0 Å². The van der Waals surface area contributed by atoms with Gasteiger partial charge in [0.25, 0.3) is 0 Å². The lowest BCUT2D eigenvalue weighted by molar-refractivity contribution is -0.139. The van der Waals surface area contributed by atoms with Gasteiger partial charge in [-0.15, -0.1) is 0 Å². The van der Waals surface area contributed by atoms with E-state index in [0.29, 0.717) is 13.0 Å². The van der Waals surface area contributed by atoms with Crippen LogP contribution in [0.3, 0.4) is 0 Å². The molecule has 0 aliphatic rings. The minimum atomic E-state index is -1.17. The molecular weight excluding hydrogens is 230 g/mol. The van der Waals surface area contributed by atoms with E-state index in [0.717, 1.165) is 5.56 Å². The topological polar surface area (TPSA) is 63.2 Å². The first-order valence-corrected chi connectivity index (χ1v) is 5.85. The lowest BCUT2D eigenvalue weighted by atomic mass is 10.00. The maximum absolute atomic E-state index is 11.7. The molecule has 0 aliphatic carbocycles. The fraction of sp³-hybridized carbons (Fsp3) is 0.357. The van der Waals surface area contributed by atoms with Crippen molar-refractivity contribution in [1.29, 1.82) is 0 Å². The summed E-state index contributed by atoms with van der Waals surface area (Å²) in [5.74, 6) is -2.51. The van der Waals surface area contributed by atoms with Gasteiger partial charge in [0.05, 0.1) is 0 Å². The van der Waals surface area contributed by atoms with Gasteiger partial charge in [-0.05, 0) is 25.8 Å². The van der Waals surface area contributed by atoms with Crippen LogP contribution in [0.4, 0.5) is 0 Å². The first-order valence-electron chi connectivity index (χ1n) is 5.85. The monoisotopic (exact) mass is 247 g/mol. The zero-order valence-corrected chi connectivity index (χ0v) is 10.6. The molecule has 4 nitrogen and oxygen atoms in total. The number of Topliss-reactive ketones (excluding diaryl/α,β-unsaturated/α-hetero) is 2. The number of ketones is 2. The summed E-state index contributed by atoms with van der Waals surface area (Å²) >= 11 is 0. The first-order chi connectivity index (χ1) is 8.52. The average molecular weight is 247 g/mol. The van der Waals surface area contributed by atoms with Crippen molar-refractivity contribution in [1.82, 2.24) is 5.32 Å². The lowest BCUT2D eigenvalue weighted by Gasteiger charge is -2.10. The summed E-state index contributed by atoms with van der Waals surface area (Å²) in [5, 5.41) is 2.61. The van der Waals surface area contributed by atoms with E-state index in [2.05, 4.69) is 5.32 Å². The number of carbonyl (C=O) groups excluding carboxylic acids is 3. The van der Waals surface area contributed by atoms with Gasteiger partial charge in [-0.25, -0.2) is 0 Å². The Bertz CT molecular complexity index is 426. The number of hydrogen-bond acceptors (Lipinski definition) is 3. The Morgan fingerprint density at radius 3 is 2.11 bits per heavy atom. The molecule has 1 amide bonds. The second-order valence-electron chi connectivity index (χ2n) is 4.18. The van der Waals surface area contributed by atoms with Crippen molar-refractivity contribution in [2.45, 2.75) is 20.3 Å². The second-order valence-corrected chi connectivity index (χ2v) is 4.18. The fourth-order valence-corrected chi connectivity index (χ4v) is 1.73. The largest absolute Gasteiger partial charge is 0.355 e. The van der Waals surface area contributed by atoms with Crippen molar-refractivity contribution < 1.29 is 14.4 Å². The summed E-state index contributed by atoms with van der Waals surface area (Å²) in [6.07, 6.45) is 0.676. The zero-order chi connectivity index (χ0) is 13.5. The average Bonchev–Trinajstić information content (AvgIpc) is 2.29. The molecule has 18 heavy (non-hydrogen) atoms. The van der Waals surface area contributed by atoms with Gasteiger partial charge in [0.15, 0.2) is 5.92 Å². The maximum Gasteiger partial charge on any atom is 0.238 e. The smallest absolute Gasteiger partial charge is 0.238 e. The van der Waals surface area contributed by atoms with Crippen molar-refractivity contribution in [2.75, 3.05) is 6.54 Å². The number of amides is 1. The van der Waals surface area contributed by atoms with E-state index >= 15 is 0 Å². The van der Waals surface area contributed by atoms with Crippen LogP contribution in [-0.4, -0.2) is 24.0 Å². The molecule has 0 heterocycles. The van der Waals surface area contributed by atoms with Gasteiger partial charge in [-0.3, -0.25) is 14.4 Å². The highest BCUT2D eigenvalue weighted by Crippen LogP contribution is 2.02. The molecule has 0 aromatic heterocycles. The van der Waals surface area contributed by atoms with Crippen molar-refractivity contribution in [2.24, 2.45) is 5.92 Å². The molecule has 96 valence electrons. The summed E-state index contributed by atoms with van der Waals surface area (Å²) < 4.78 is 0. The van der Waals surface area contributed by atoms with Crippen LogP contribution in [0.25, 0.3) is 0 Å². The molecule has 0 spiro atoms.